The van der Waals surface area contributed by atoms with E-state index in [0.29, 0.717) is 11.1 Å². The molecule has 0 aromatic heterocycles. The molecule has 11 heteroatoms. The topological polar surface area (TPSA) is 95.7 Å². The predicted molar refractivity (Wildman–Crippen MR) is 216 cm³/mol. The van der Waals surface area contributed by atoms with E-state index in [1.807, 2.05) is 158 Å². The predicted octanol–water partition coefficient (Wildman–Crippen LogP) is 9.14. The molecule has 54 heavy (non-hydrogen) atoms. The smallest absolute Gasteiger partial charge is 0.0710 e. The Morgan fingerprint density at radius 3 is 0.796 bits per heavy atom. The van der Waals surface area contributed by atoms with E-state index in [-0.39, 0.29) is 44.8 Å². The van der Waals surface area contributed by atoms with E-state index in [4.69, 9.17) is 19.2 Å². The summed E-state index contributed by atoms with van der Waals surface area (Å²) in [6, 6.07) is 56.2. The van der Waals surface area contributed by atoms with E-state index in [2.05, 4.69) is 33.7 Å². The third kappa shape index (κ3) is 11.4. The summed E-state index contributed by atoms with van der Waals surface area (Å²) in [6.45, 7) is 10.3. The summed E-state index contributed by atoms with van der Waals surface area (Å²) < 4.78 is 12.1. The minimum Gasteiger partial charge on any atom is -0.296 e. The molecule has 0 saturated carbocycles. The fourth-order valence-corrected chi connectivity index (χ4v) is 10.7. The van der Waals surface area contributed by atoms with Crippen molar-refractivity contribution >= 4 is 46.8 Å². The molecule has 287 valence electrons. The Kier molecular flexibility index (Phi) is 17.0. The first-order valence-corrected chi connectivity index (χ1v) is 21.0. The van der Waals surface area contributed by atoms with Crippen LogP contribution in [0.1, 0.15) is 20.7 Å². The van der Waals surface area contributed by atoms with E-state index in [1.165, 1.54) is 0 Å². The average molecular weight is 1120 g/mol. The summed E-state index contributed by atoms with van der Waals surface area (Å²) in [4.78, 5) is 33.4. The van der Waals surface area contributed by atoms with Gasteiger partial charge in [-0.2, -0.15) is 0 Å². The van der Waals surface area contributed by atoms with E-state index < -0.39 is 30.5 Å². The number of benzene rings is 6. The molecule has 0 unspecified atom stereocenters. The van der Waals surface area contributed by atoms with Crippen LogP contribution in [0, 0.1) is 43.8 Å². The normalized spacial score (nSPS) is 11.9. The molecule has 6 aromatic carbocycles. The average Bonchev–Trinajstić information content (AvgIpc) is 3.17. The number of hydrogen-bond donors (Lipinski definition) is 0. The molecule has 0 N–H and O–H groups in total. The van der Waals surface area contributed by atoms with Crippen LogP contribution >= 0.6 is 13.7 Å². The molecule has 0 aliphatic carbocycles. The van der Waals surface area contributed by atoms with Gasteiger partial charge in [-0.1, -0.05) is 7.05 Å². The minimum absolute atomic E-state index is 0. The monoisotopic (exact) mass is 1120 g/mol. The number of carbonyl (C=O) groups excluding carboxylic acids is 2. The number of hydrogen-bond acceptors (Lipinski definition) is 6. The van der Waals surface area contributed by atoms with E-state index in [1.54, 1.807) is 24.3 Å². The van der Waals surface area contributed by atoms with Crippen molar-refractivity contribution in [3.8, 4) is 0 Å². The first kappa shape index (κ1) is 46.0. The second-order valence-electron chi connectivity index (χ2n) is 12.0. The Hall–Kier alpha value is -4.13. The van der Waals surface area contributed by atoms with Crippen LogP contribution in [0.15, 0.2) is 182 Å². The van der Waals surface area contributed by atoms with Crippen molar-refractivity contribution in [1.29, 1.82) is 0 Å². The maximum atomic E-state index is 12.7. The van der Waals surface area contributed by atoms with Gasteiger partial charge in [0.25, 0.3) is 0 Å². The van der Waals surface area contributed by atoms with Gasteiger partial charge >= 0.3 is 308 Å². The Balaban J connectivity index is 0.000000329. The van der Waals surface area contributed by atoms with Crippen LogP contribution in [0.2, 0.25) is 0 Å². The fourth-order valence-electron chi connectivity index (χ4n) is 5.26. The molecule has 0 fully saturated rings. The molecule has 0 heterocycles. The largest absolute Gasteiger partial charge is 0.296 e. The van der Waals surface area contributed by atoms with Gasteiger partial charge in [-0.25, -0.2) is 0 Å². The van der Waals surface area contributed by atoms with Gasteiger partial charge in [0.15, 0.2) is 0 Å². The summed E-state index contributed by atoms with van der Waals surface area (Å²) in [6.07, 6.45) is 0. The zero-order valence-electron chi connectivity index (χ0n) is 29.3. The standard InChI is InChI=1S/2C21H19O2P.CH2NO2.2Au/c2*1-24(2,19-14-8-4-9-15-19,20-16-10-5-11-17-20)23-21(22)18-12-6-3-7-13-18;1-2(3)4;;/h2*3-17H,1-2H2;1H2;;/q2*-2;-1;;+3. The number of nitrogens with zero attached hydrogens (tertiary/aromatic N) is 1. The fraction of sp³-hybridized carbons (Fsp3) is 0. The minimum atomic E-state index is -3.59. The molecule has 0 saturated heterocycles. The zero-order chi connectivity index (χ0) is 37.7. The van der Waals surface area contributed by atoms with Crippen LogP contribution in [0.25, 0.3) is 0 Å². The molecular formula is C43H40Au2NO6P2-2. The van der Waals surface area contributed by atoms with Crippen molar-refractivity contribution in [2.24, 2.45) is 0 Å². The maximum Gasteiger partial charge on any atom is -0.0710 e. The molecule has 0 aliphatic rings. The number of rotatable bonds is 8. The van der Waals surface area contributed by atoms with Crippen molar-refractivity contribution in [1.82, 2.24) is 0 Å². The molecule has 0 atom stereocenters. The van der Waals surface area contributed by atoms with Crippen LogP contribution in [-0.2, 0) is 53.8 Å². The van der Waals surface area contributed by atoms with Crippen molar-refractivity contribution in [3.05, 3.63) is 237 Å². The van der Waals surface area contributed by atoms with Gasteiger partial charge in [-0.3, -0.25) is 10.1 Å². The third-order valence-electron chi connectivity index (χ3n) is 8.05. The Bertz CT molecular complexity index is 1840. The van der Waals surface area contributed by atoms with E-state index in [0.717, 1.165) is 21.2 Å². The van der Waals surface area contributed by atoms with Gasteiger partial charge in [-0.15, -0.1) is 4.92 Å². The van der Waals surface area contributed by atoms with Crippen LogP contribution in [-0.4, -0.2) is 16.9 Å². The molecule has 0 spiro atoms. The molecule has 0 aliphatic heterocycles. The summed E-state index contributed by atoms with van der Waals surface area (Å²) in [5, 5.41) is 12.0. The van der Waals surface area contributed by atoms with Crippen molar-refractivity contribution < 1.29 is 68.3 Å². The SMILES string of the molecule is [Au+3].[Au].[CH2-]P([CH2-])(OC(=O)c1ccccc1)(c1ccccc1)c1ccccc1.[CH2-]P([CH2-])(OC(=O)c1ccccc1)(c1ccccc1)c1ccccc1.[CH2-][N+](=O)[O-]. The molecule has 6 rings (SSSR count). The third-order valence-corrected chi connectivity index (χ3v) is 15.3. The van der Waals surface area contributed by atoms with Crippen LogP contribution in [0.3, 0.4) is 0 Å². The molecule has 0 bridgehead atoms. The Morgan fingerprint density at radius 1 is 0.444 bits per heavy atom. The van der Waals surface area contributed by atoms with Crippen molar-refractivity contribution in [3.63, 3.8) is 0 Å². The van der Waals surface area contributed by atoms with Crippen molar-refractivity contribution in [2.75, 3.05) is 0 Å². The Labute approximate surface area is 349 Å². The summed E-state index contributed by atoms with van der Waals surface area (Å²) in [5.41, 5.74) is 0.983. The van der Waals surface area contributed by atoms with Gasteiger partial charge in [0.2, 0.25) is 0 Å². The Morgan fingerprint density at radius 2 is 0.611 bits per heavy atom. The summed E-state index contributed by atoms with van der Waals surface area (Å²) >= 11 is 0. The molecular weight excluding hydrogens is 1080 g/mol. The van der Waals surface area contributed by atoms with E-state index in [9.17, 15) is 9.59 Å². The van der Waals surface area contributed by atoms with E-state index >= 15 is 0 Å². The quantitative estimate of drug-likeness (QED) is 0.0497. The second kappa shape index (κ2) is 20.0. The zero-order valence-corrected chi connectivity index (χ0v) is 35.4. The summed E-state index contributed by atoms with van der Waals surface area (Å²) in [5.74, 6) is -0.822. The summed E-state index contributed by atoms with van der Waals surface area (Å²) in [7, 11) is 2.36. The van der Waals surface area contributed by atoms with Crippen LogP contribution in [0.4, 0.5) is 0 Å². The van der Waals surface area contributed by atoms with Crippen LogP contribution in [0.5, 0.6) is 0 Å². The molecule has 6 aromatic rings. The van der Waals surface area contributed by atoms with Gasteiger partial charge < -0.3 is 0 Å². The first-order valence-electron chi connectivity index (χ1n) is 16.0. The first-order chi connectivity index (χ1) is 24.7. The van der Waals surface area contributed by atoms with Gasteiger partial charge in [0.05, 0.1) is 0 Å². The molecule has 1 radical (unpaired) electrons. The number of carbonyl (C=O) groups is 2. The van der Waals surface area contributed by atoms with Gasteiger partial charge in [0, 0.05) is 22.4 Å². The maximum absolute atomic E-state index is 12.7. The molecule has 7 nitrogen and oxygen atoms in total. The van der Waals surface area contributed by atoms with Gasteiger partial charge in [-0.05, 0) is 0 Å². The van der Waals surface area contributed by atoms with Gasteiger partial charge in [0.1, 0.15) is 0 Å². The molecule has 0 amide bonds. The second-order valence-corrected chi connectivity index (χ2v) is 20.0. The van der Waals surface area contributed by atoms with Crippen molar-refractivity contribution in [2.45, 2.75) is 0 Å². The number of nitro groups is 1. The van der Waals surface area contributed by atoms with Crippen LogP contribution < -0.4 is 21.2 Å².